The summed E-state index contributed by atoms with van der Waals surface area (Å²) in [5.74, 6) is 0. The van der Waals surface area contributed by atoms with Gasteiger partial charge >= 0.3 is 5.69 Å². The SMILES string of the molecule is Cc1ccc(S(=O)(=O)N(C)C)cc1[N+]#N. The molecule has 0 N–H and O–H groups in total. The van der Waals surface area contributed by atoms with E-state index in [1.165, 1.54) is 26.2 Å². The number of rotatable bonds is 2. The standard InChI is InChI=1S/C9H12N3O2S/c1-7-4-5-8(6-9(7)11-10)15(13,14)12(2)3/h4-6H,1-3H3/q+1. The van der Waals surface area contributed by atoms with Gasteiger partial charge in [-0.2, -0.15) is 0 Å². The van der Waals surface area contributed by atoms with Gasteiger partial charge in [0, 0.05) is 19.7 Å². The van der Waals surface area contributed by atoms with Crippen LogP contribution in [-0.2, 0) is 10.0 Å². The number of benzene rings is 1. The van der Waals surface area contributed by atoms with Gasteiger partial charge in [0.05, 0.1) is 11.0 Å². The summed E-state index contributed by atoms with van der Waals surface area (Å²) in [6.07, 6.45) is 0. The summed E-state index contributed by atoms with van der Waals surface area (Å²) in [4.78, 5) is 3.14. The molecule has 0 spiro atoms. The van der Waals surface area contributed by atoms with E-state index in [9.17, 15) is 8.42 Å². The molecule has 0 atom stereocenters. The van der Waals surface area contributed by atoms with E-state index >= 15 is 0 Å². The number of hydrogen-bond acceptors (Lipinski definition) is 3. The van der Waals surface area contributed by atoms with Gasteiger partial charge in [-0.05, 0) is 19.1 Å². The lowest BCUT2D eigenvalue weighted by Gasteiger charge is -2.10. The smallest absolute Gasteiger partial charge is 0.207 e. The lowest BCUT2D eigenvalue weighted by atomic mass is 10.2. The topological polar surface area (TPSA) is 65.5 Å². The number of aryl methyl sites for hydroxylation is 1. The summed E-state index contributed by atoms with van der Waals surface area (Å²) in [5, 5.41) is 8.66. The molecule has 0 aromatic heterocycles. The van der Waals surface area contributed by atoms with Crippen LogP contribution in [0.25, 0.3) is 4.98 Å². The Balaban J connectivity index is 3.37. The van der Waals surface area contributed by atoms with Crippen molar-refractivity contribution < 1.29 is 8.42 Å². The molecule has 0 aliphatic heterocycles. The van der Waals surface area contributed by atoms with Crippen LogP contribution in [0, 0.1) is 12.3 Å². The van der Waals surface area contributed by atoms with Gasteiger partial charge < -0.3 is 0 Å². The van der Waals surface area contributed by atoms with Gasteiger partial charge in [0.15, 0.2) is 4.98 Å². The van der Waals surface area contributed by atoms with Gasteiger partial charge in [0.25, 0.3) is 0 Å². The highest BCUT2D eigenvalue weighted by Crippen LogP contribution is 2.23. The molecule has 6 heteroatoms. The quantitative estimate of drug-likeness (QED) is 0.721. The average molecular weight is 226 g/mol. The number of diazo groups is 1. The monoisotopic (exact) mass is 226 g/mol. The van der Waals surface area contributed by atoms with E-state index in [1.807, 2.05) is 0 Å². The summed E-state index contributed by atoms with van der Waals surface area (Å²) in [7, 11) is -0.565. The zero-order valence-electron chi connectivity index (χ0n) is 8.80. The maximum Gasteiger partial charge on any atom is 0.389 e. The molecule has 0 unspecified atom stereocenters. The molecule has 1 aromatic carbocycles. The predicted molar refractivity (Wildman–Crippen MR) is 56.8 cm³/mol. The van der Waals surface area contributed by atoms with Gasteiger partial charge in [-0.1, -0.05) is 0 Å². The number of nitrogens with zero attached hydrogens (tertiary/aromatic N) is 3. The van der Waals surface area contributed by atoms with E-state index in [4.69, 9.17) is 5.39 Å². The number of hydrogen-bond donors (Lipinski definition) is 0. The Morgan fingerprint density at radius 3 is 2.40 bits per heavy atom. The third-order valence-corrected chi connectivity index (χ3v) is 3.88. The fraction of sp³-hybridized carbons (Fsp3) is 0.333. The van der Waals surface area contributed by atoms with Crippen LogP contribution < -0.4 is 0 Å². The summed E-state index contributed by atoms with van der Waals surface area (Å²) in [5.41, 5.74) is 0.980. The molecule has 0 aliphatic rings. The third kappa shape index (κ3) is 2.14. The summed E-state index contributed by atoms with van der Waals surface area (Å²) in [6, 6.07) is 4.43. The average Bonchev–Trinajstić information content (AvgIpc) is 2.18. The van der Waals surface area contributed by atoms with E-state index in [0.717, 1.165) is 9.87 Å². The predicted octanol–water partition coefficient (Wildman–Crippen LogP) is 1.73. The second-order valence-corrected chi connectivity index (χ2v) is 5.49. The molecule has 0 amide bonds. The third-order valence-electron chi connectivity index (χ3n) is 2.07. The van der Waals surface area contributed by atoms with E-state index in [-0.39, 0.29) is 10.6 Å². The molecule has 0 radical (unpaired) electrons. The first-order valence-corrected chi connectivity index (χ1v) is 5.72. The second kappa shape index (κ2) is 3.96. The lowest BCUT2D eigenvalue weighted by molar-refractivity contribution is 0.521. The summed E-state index contributed by atoms with van der Waals surface area (Å²) >= 11 is 0. The molecule has 1 rings (SSSR count). The molecule has 0 saturated heterocycles. The van der Waals surface area contributed by atoms with Crippen molar-refractivity contribution in [2.75, 3.05) is 14.1 Å². The van der Waals surface area contributed by atoms with Crippen molar-refractivity contribution in [3.63, 3.8) is 0 Å². The molecule has 0 bridgehead atoms. The largest absolute Gasteiger partial charge is 0.389 e. The van der Waals surface area contributed by atoms with Crippen LogP contribution in [0.5, 0.6) is 0 Å². The van der Waals surface area contributed by atoms with Crippen LogP contribution in [0.1, 0.15) is 5.56 Å². The highest BCUT2D eigenvalue weighted by atomic mass is 32.2. The maximum absolute atomic E-state index is 11.7. The van der Waals surface area contributed by atoms with Crippen molar-refractivity contribution in [1.82, 2.24) is 4.31 Å². The lowest BCUT2D eigenvalue weighted by Crippen LogP contribution is -2.22. The molecular formula is C9H12N3O2S+. The van der Waals surface area contributed by atoms with Crippen LogP contribution >= 0.6 is 0 Å². The van der Waals surface area contributed by atoms with Crippen LogP contribution in [0.15, 0.2) is 23.1 Å². The van der Waals surface area contributed by atoms with Gasteiger partial charge in [-0.15, -0.1) is 0 Å². The summed E-state index contributed by atoms with van der Waals surface area (Å²) < 4.78 is 24.5. The Morgan fingerprint density at radius 2 is 1.93 bits per heavy atom. The van der Waals surface area contributed by atoms with E-state index in [1.54, 1.807) is 13.0 Å². The van der Waals surface area contributed by atoms with Crippen molar-refractivity contribution in [2.24, 2.45) is 0 Å². The minimum absolute atomic E-state index is 0.117. The minimum Gasteiger partial charge on any atom is -0.207 e. The molecule has 80 valence electrons. The van der Waals surface area contributed by atoms with Crippen molar-refractivity contribution in [1.29, 1.82) is 5.39 Å². The fourth-order valence-electron chi connectivity index (χ4n) is 1.07. The molecule has 0 aliphatic carbocycles. The van der Waals surface area contributed by atoms with Crippen LogP contribution in [0.4, 0.5) is 5.69 Å². The Hall–Kier alpha value is -1.45. The van der Waals surface area contributed by atoms with E-state index in [2.05, 4.69) is 4.98 Å². The molecular weight excluding hydrogens is 214 g/mol. The highest BCUT2D eigenvalue weighted by Gasteiger charge is 2.21. The van der Waals surface area contributed by atoms with Gasteiger partial charge in [0.1, 0.15) is 0 Å². The fourth-order valence-corrected chi connectivity index (χ4v) is 1.99. The minimum atomic E-state index is -3.46. The molecule has 15 heavy (non-hydrogen) atoms. The second-order valence-electron chi connectivity index (χ2n) is 3.34. The van der Waals surface area contributed by atoms with Gasteiger partial charge in [-0.3, -0.25) is 0 Å². The van der Waals surface area contributed by atoms with Gasteiger partial charge in [0.2, 0.25) is 15.4 Å². The van der Waals surface area contributed by atoms with E-state index < -0.39 is 10.0 Å². The van der Waals surface area contributed by atoms with Crippen LogP contribution in [0.3, 0.4) is 0 Å². The molecule has 0 saturated carbocycles. The molecule has 0 fully saturated rings. The van der Waals surface area contributed by atoms with Crippen LogP contribution in [0.2, 0.25) is 0 Å². The van der Waals surface area contributed by atoms with Crippen molar-refractivity contribution in [3.05, 3.63) is 28.7 Å². The summed E-state index contributed by atoms with van der Waals surface area (Å²) in [6.45, 7) is 1.74. The Labute approximate surface area is 89.0 Å². The van der Waals surface area contributed by atoms with Crippen molar-refractivity contribution in [3.8, 4) is 0 Å². The van der Waals surface area contributed by atoms with Crippen LogP contribution in [-0.4, -0.2) is 26.8 Å². The van der Waals surface area contributed by atoms with Crippen molar-refractivity contribution in [2.45, 2.75) is 11.8 Å². The Morgan fingerprint density at radius 1 is 1.33 bits per heavy atom. The zero-order chi connectivity index (χ0) is 11.6. The normalized spacial score (nSPS) is 11.4. The molecule has 1 aromatic rings. The first-order chi connectivity index (χ1) is 6.89. The first kappa shape index (κ1) is 11.6. The zero-order valence-corrected chi connectivity index (χ0v) is 9.61. The van der Waals surface area contributed by atoms with Gasteiger partial charge in [-0.25, -0.2) is 12.7 Å². The highest BCUT2D eigenvalue weighted by molar-refractivity contribution is 7.89. The Bertz CT molecular complexity index is 515. The maximum atomic E-state index is 11.7. The molecule has 0 heterocycles. The number of sulfonamides is 1. The first-order valence-electron chi connectivity index (χ1n) is 4.28. The van der Waals surface area contributed by atoms with E-state index in [0.29, 0.717) is 0 Å². The molecule has 5 nitrogen and oxygen atoms in total. The van der Waals surface area contributed by atoms with Crippen molar-refractivity contribution >= 4 is 15.7 Å². The Kier molecular flexibility index (Phi) is 3.07.